The van der Waals surface area contributed by atoms with Crippen LogP contribution in [0.25, 0.3) is 0 Å². The SMILES string of the molecule is C/C(=N/Nc1ccc(C(F)(F)F)cc1[N+](=O)[O-])c1c(F)cccc1F. The molecule has 0 atom stereocenters. The van der Waals surface area contributed by atoms with Crippen molar-refractivity contribution in [2.24, 2.45) is 5.10 Å². The molecule has 0 bridgehead atoms. The first-order valence-electron chi connectivity index (χ1n) is 6.71. The lowest BCUT2D eigenvalue weighted by Crippen LogP contribution is -2.08. The maximum atomic E-state index is 13.6. The van der Waals surface area contributed by atoms with Gasteiger partial charge in [-0.2, -0.15) is 18.3 Å². The van der Waals surface area contributed by atoms with Gasteiger partial charge in [-0.05, 0) is 31.2 Å². The smallest absolute Gasteiger partial charge is 0.271 e. The van der Waals surface area contributed by atoms with E-state index in [0.29, 0.717) is 12.1 Å². The van der Waals surface area contributed by atoms with Crippen molar-refractivity contribution in [2.75, 3.05) is 5.43 Å². The number of nitrogens with zero attached hydrogens (tertiary/aromatic N) is 2. The van der Waals surface area contributed by atoms with Crippen LogP contribution in [0.3, 0.4) is 0 Å². The molecule has 2 rings (SSSR count). The molecule has 0 aliphatic carbocycles. The van der Waals surface area contributed by atoms with Crippen molar-refractivity contribution in [1.82, 2.24) is 0 Å². The van der Waals surface area contributed by atoms with Crippen LogP contribution >= 0.6 is 0 Å². The van der Waals surface area contributed by atoms with Gasteiger partial charge in [-0.25, -0.2) is 8.78 Å². The summed E-state index contributed by atoms with van der Waals surface area (Å²) in [6.45, 7) is 1.24. The second-order valence-corrected chi connectivity index (χ2v) is 4.89. The molecule has 0 unspecified atom stereocenters. The van der Waals surface area contributed by atoms with Crippen LogP contribution in [0.5, 0.6) is 0 Å². The summed E-state index contributed by atoms with van der Waals surface area (Å²) in [6, 6.07) is 4.93. The van der Waals surface area contributed by atoms with Crippen molar-refractivity contribution in [3.63, 3.8) is 0 Å². The first-order chi connectivity index (χ1) is 11.6. The molecular weight excluding hydrogens is 349 g/mol. The van der Waals surface area contributed by atoms with Crippen LogP contribution < -0.4 is 5.43 Å². The molecule has 10 heteroatoms. The van der Waals surface area contributed by atoms with Crippen LogP contribution in [0, 0.1) is 21.7 Å². The van der Waals surface area contributed by atoms with Gasteiger partial charge in [0.05, 0.1) is 21.8 Å². The van der Waals surface area contributed by atoms with E-state index in [1.165, 1.54) is 6.92 Å². The number of nitro groups is 1. The molecule has 2 aromatic rings. The Hall–Kier alpha value is -3.04. The van der Waals surface area contributed by atoms with Crippen LogP contribution in [0.1, 0.15) is 18.1 Å². The summed E-state index contributed by atoms with van der Waals surface area (Å²) >= 11 is 0. The van der Waals surface area contributed by atoms with Gasteiger partial charge in [0.2, 0.25) is 0 Å². The molecule has 0 spiro atoms. The molecule has 0 fully saturated rings. The fraction of sp³-hybridized carbons (Fsp3) is 0.133. The third kappa shape index (κ3) is 4.08. The normalized spacial score (nSPS) is 12.2. The van der Waals surface area contributed by atoms with E-state index in [1.54, 1.807) is 0 Å². The average molecular weight is 359 g/mol. The Labute approximate surface area is 137 Å². The first-order valence-corrected chi connectivity index (χ1v) is 6.71. The van der Waals surface area contributed by atoms with Gasteiger partial charge in [-0.1, -0.05) is 6.07 Å². The lowest BCUT2D eigenvalue weighted by molar-refractivity contribution is -0.384. The number of rotatable bonds is 4. The molecular formula is C15H10F5N3O2. The van der Waals surface area contributed by atoms with Crippen LogP contribution in [-0.4, -0.2) is 10.6 Å². The standard InChI is InChI=1S/C15H10F5N3O2/c1-8(14-10(16)3-2-4-11(14)17)21-22-12-6-5-9(15(18,19)20)7-13(12)23(24)25/h2-7,22H,1H3/b21-8-. The molecule has 132 valence electrons. The Morgan fingerprint density at radius 3 is 2.28 bits per heavy atom. The molecule has 5 nitrogen and oxygen atoms in total. The van der Waals surface area contributed by atoms with Crippen LogP contribution in [0.15, 0.2) is 41.5 Å². The van der Waals surface area contributed by atoms with Gasteiger partial charge in [0.25, 0.3) is 5.69 Å². The number of nitrogens with one attached hydrogen (secondary N) is 1. The largest absolute Gasteiger partial charge is 0.416 e. The summed E-state index contributed by atoms with van der Waals surface area (Å²) in [7, 11) is 0. The lowest BCUT2D eigenvalue weighted by Gasteiger charge is -2.09. The minimum Gasteiger partial charge on any atom is -0.271 e. The Bertz CT molecular complexity index is 829. The zero-order valence-electron chi connectivity index (χ0n) is 12.6. The minimum absolute atomic E-state index is 0.176. The molecule has 25 heavy (non-hydrogen) atoms. The van der Waals surface area contributed by atoms with Crippen molar-refractivity contribution in [3.05, 3.63) is 69.3 Å². The number of halogens is 5. The van der Waals surface area contributed by atoms with Crippen LogP contribution in [-0.2, 0) is 6.18 Å². The van der Waals surface area contributed by atoms with E-state index in [1.807, 2.05) is 0 Å². The van der Waals surface area contributed by atoms with Gasteiger partial charge in [-0.15, -0.1) is 0 Å². The number of nitro benzene ring substituents is 1. The van der Waals surface area contributed by atoms with Crippen LogP contribution in [0.2, 0.25) is 0 Å². The number of anilines is 1. The molecule has 0 aliphatic heterocycles. The predicted octanol–water partition coefficient (Wildman–Crippen LogP) is 4.73. The van der Waals surface area contributed by atoms with Gasteiger partial charge in [-0.3, -0.25) is 15.5 Å². The van der Waals surface area contributed by atoms with E-state index < -0.39 is 39.5 Å². The van der Waals surface area contributed by atoms with Crippen molar-refractivity contribution in [1.29, 1.82) is 0 Å². The van der Waals surface area contributed by atoms with E-state index in [0.717, 1.165) is 24.3 Å². The fourth-order valence-corrected chi connectivity index (χ4v) is 2.00. The average Bonchev–Trinajstić information content (AvgIpc) is 2.51. The van der Waals surface area contributed by atoms with Gasteiger partial charge in [0, 0.05) is 6.07 Å². The highest BCUT2D eigenvalue weighted by molar-refractivity contribution is 5.99. The highest BCUT2D eigenvalue weighted by atomic mass is 19.4. The predicted molar refractivity (Wildman–Crippen MR) is 80.3 cm³/mol. The zero-order chi connectivity index (χ0) is 18.8. The van der Waals surface area contributed by atoms with E-state index in [2.05, 4.69) is 10.5 Å². The highest BCUT2D eigenvalue weighted by Gasteiger charge is 2.33. The molecule has 0 aromatic heterocycles. The second-order valence-electron chi connectivity index (χ2n) is 4.89. The molecule has 0 saturated carbocycles. The monoisotopic (exact) mass is 359 g/mol. The molecule has 0 aliphatic rings. The molecule has 0 saturated heterocycles. The van der Waals surface area contributed by atoms with Gasteiger partial charge < -0.3 is 0 Å². The summed E-state index contributed by atoms with van der Waals surface area (Å²) in [5, 5.41) is 14.6. The van der Waals surface area contributed by atoms with Gasteiger partial charge in [0.15, 0.2) is 0 Å². The van der Waals surface area contributed by atoms with Crippen molar-refractivity contribution >= 4 is 17.1 Å². The van der Waals surface area contributed by atoms with Crippen molar-refractivity contribution in [3.8, 4) is 0 Å². The van der Waals surface area contributed by atoms with Crippen molar-refractivity contribution in [2.45, 2.75) is 13.1 Å². The third-order valence-electron chi connectivity index (χ3n) is 3.19. The second kappa shape index (κ2) is 6.83. The molecule has 1 N–H and O–H groups in total. The summed E-state index contributed by atoms with van der Waals surface area (Å²) in [5.74, 6) is -1.80. The number of hydrazone groups is 1. The first kappa shape index (κ1) is 18.3. The highest BCUT2D eigenvalue weighted by Crippen LogP contribution is 2.35. The van der Waals surface area contributed by atoms with E-state index in [4.69, 9.17) is 0 Å². The molecule has 2 aromatic carbocycles. The van der Waals surface area contributed by atoms with Gasteiger partial charge in [0.1, 0.15) is 17.3 Å². The summed E-state index contributed by atoms with van der Waals surface area (Å²) in [6.07, 6.45) is -4.75. The lowest BCUT2D eigenvalue weighted by atomic mass is 10.1. The minimum atomic E-state index is -4.75. The van der Waals surface area contributed by atoms with E-state index in [-0.39, 0.29) is 11.4 Å². The number of hydrogen-bond acceptors (Lipinski definition) is 4. The fourth-order valence-electron chi connectivity index (χ4n) is 2.00. The molecule has 0 radical (unpaired) electrons. The van der Waals surface area contributed by atoms with E-state index >= 15 is 0 Å². The summed E-state index contributed by atoms with van der Waals surface area (Å²) in [4.78, 5) is 9.93. The molecule has 0 amide bonds. The van der Waals surface area contributed by atoms with Crippen molar-refractivity contribution < 1.29 is 26.9 Å². The number of hydrogen-bond donors (Lipinski definition) is 1. The maximum absolute atomic E-state index is 13.6. The third-order valence-corrected chi connectivity index (χ3v) is 3.19. The Kier molecular flexibility index (Phi) is 5.00. The topological polar surface area (TPSA) is 67.5 Å². The number of benzene rings is 2. The molecule has 0 heterocycles. The Balaban J connectivity index is 2.38. The Morgan fingerprint density at radius 2 is 1.76 bits per heavy atom. The Morgan fingerprint density at radius 1 is 1.16 bits per heavy atom. The summed E-state index contributed by atoms with van der Waals surface area (Å²) < 4.78 is 65.2. The maximum Gasteiger partial charge on any atom is 0.416 e. The van der Waals surface area contributed by atoms with E-state index in [9.17, 15) is 32.1 Å². The quantitative estimate of drug-likeness (QED) is 0.371. The summed E-state index contributed by atoms with van der Waals surface area (Å²) in [5.41, 5.74) is -0.889. The van der Waals surface area contributed by atoms with Crippen LogP contribution in [0.4, 0.5) is 33.3 Å². The zero-order valence-corrected chi connectivity index (χ0v) is 12.6. The van der Waals surface area contributed by atoms with Gasteiger partial charge >= 0.3 is 6.18 Å². The number of alkyl halides is 3.